The molecule has 26 heavy (non-hydrogen) atoms. The number of halogens is 3. The third-order valence-electron chi connectivity index (χ3n) is 4.21. The number of alkyl halides is 3. The molecular weight excluding hydrogens is 351 g/mol. The highest BCUT2D eigenvalue weighted by molar-refractivity contribution is 5.89. The lowest BCUT2D eigenvalue weighted by molar-refractivity contribution is -0.138. The van der Waals surface area contributed by atoms with Gasteiger partial charge < -0.3 is 15.0 Å². The van der Waals surface area contributed by atoms with Crippen LogP contribution in [0.1, 0.15) is 29.6 Å². The van der Waals surface area contributed by atoms with Crippen molar-refractivity contribution in [3.63, 3.8) is 0 Å². The number of methoxy groups -OCH3 is 1. The molecule has 140 valence electrons. The van der Waals surface area contributed by atoms with Crippen molar-refractivity contribution in [1.29, 1.82) is 0 Å². The van der Waals surface area contributed by atoms with Crippen LogP contribution in [0.3, 0.4) is 0 Å². The van der Waals surface area contributed by atoms with Gasteiger partial charge in [0, 0.05) is 30.8 Å². The Kier molecular flexibility index (Phi) is 4.75. The summed E-state index contributed by atoms with van der Waals surface area (Å²) in [6.45, 7) is 2.76. The number of aromatic nitrogens is 3. The molecule has 0 radical (unpaired) electrons. The molecule has 3 rings (SSSR count). The molecule has 1 aromatic heterocycles. The number of ether oxygens (including phenoxy) is 1. The minimum Gasteiger partial charge on any atom is -0.496 e. The first-order valence-corrected chi connectivity index (χ1v) is 7.98. The fourth-order valence-corrected chi connectivity index (χ4v) is 2.90. The molecule has 2 N–H and O–H groups in total. The smallest absolute Gasteiger partial charge is 0.419 e. The van der Waals surface area contributed by atoms with E-state index in [1.807, 2.05) is 0 Å². The van der Waals surface area contributed by atoms with Crippen molar-refractivity contribution in [3.8, 4) is 5.75 Å². The zero-order valence-electron chi connectivity index (χ0n) is 14.2. The second kappa shape index (κ2) is 6.85. The van der Waals surface area contributed by atoms with Gasteiger partial charge in [0.25, 0.3) is 0 Å². The van der Waals surface area contributed by atoms with Gasteiger partial charge in [-0.05, 0) is 25.5 Å². The van der Waals surface area contributed by atoms with Crippen LogP contribution >= 0.6 is 0 Å². The summed E-state index contributed by atoms with van der Waals surface area (Å²) in [4.78, 5) is 18.2. The zero-order valence-corrected chi connectivity index (χ0v) is 14.2. The van der Waals surface area contributed by atoms with E-state index in [1.54, 1.807) is 11.8 Å². The van der Waals surface area contributed by atoms with Crippen LogP contribution in [-0.4, -0.2) is 46.3 Å². The number of aromatic amines is 1. The van der Waals surface area contributed by atoms with E-state index in [4.69, 9.17) is 4.74 Å². The molecule has 7 nitrogen and oxygen atoms in total. The van der Waals surface area contributed by atoms with E-state index >= 15 is 0 Å². The summed E-state index contributed by atoms with van der Waals surface area (Å²) in [5.74, 6) is 1.06. The molecule has 0 spiro atoms. The Labute approximate surface area is 147 Å². The average Bonchev–Trinajstić information content (AvgIpc) is 3.22. The number of H-pyrrole nitrogens is 1. The highest BCUT2D eigenvalue weighted by Crippen LogP contribution is 2.37. The van der Waals surface area contributed by atoms with Crippen molar-refractivity contribution >= 4 is 11.7 Å². The zero-order chi connectivity index (χ0) is 18.9. The van der Waals surface area contributed by atoms with Crippen LogP contribution in [0.25, 0.3) is 0 Å². The lowest BCUT2D eigenvalue weighted by atomic mass is 10.1. The monoisotopic (exact) mass is 369 g/mol. The van der Waals surface area contributed by atoms with Crippen molar-refractivity contribution in [2.75, 3.05) is 25.5 Å². The molecule has 2 amide bonds. The molecule has 1 atom stereocenters. The molecular formula is C16H18F3N5O2. The first-order chi connectivity index (χ1) is 12.3. The number of rotatable bonds is 3. The van der Waals surface area contributed by atoms with Crippen LogP contribution in [0.4, 0.5) is 23.7 Å². The van der Waals surface area contributed by atoms with Crippen molar-refractivity contribution in [3.05, 3.63) is 35.4 Å². The molecule has 1 aromatic carbocycles. The van der Waals surface area contributed by atoms with Gasteiger partial charge >= 0.3 is 12.2 Å². The van der Waals surface area contributed by atoms with Gasteiger partial charge in [0.05, 0.1) is 12.7 Å². The van der Waals surface area contributed by atoms with E-state index in [0.29, 0.717) is 24.7 Å². The van der Waals surface area contributed by atoms with Gasteiger partial charge in [-0.3, -0.25) is 5.10 Å². The second-order valence-corrected chi connectivity index (χ2v) is 6.05. The molecule has 0 bridgehead atoms. The Morgan fingerprint density at radius 3 is 2.81 bits per heavy atom. The molecule has 2 aromatic rings. The Morgan fingerprint density at radius 2 is 2.19 bits per heavy atom. The summed E-state index contributed by atoms with van der Waals surface area (Å²) in [6, 6.07) is 2.86. The summed E-state index contributed by atoms with van der Waals surface area (Å²) in [5, 5.41) is 9.49. The van der Waals surface area contributed by atoms with Gasteiger partial charge in [0.1, 0.15) is 11.6 Å². The predicted octanol–water partition coefficient (Wildman–Crippen LogP) is 3.16. The van der Waals surface area contributed by atoms with E-state index in [9.17, 15) is 18.0 Å². The summed E-state index contributed by atoms with van der Waals surface area (Å²) in [7, 11) is 1.15. The van der Waals surface area contributed by atoms with Gasteiger partial charge in [-0.1, -0.05) is 0 Å². The van der Waals surface area contributed by atoms with Crippen molar-refractivity contribution in [2.24, 2.45) is 0 Å². The van der Waals surface area contributed by atoms with Crippen molar-refractivity contribution < 1.29 is 22.7 Å². The topological polar surface area (TPSA) is 83.1 Å². The number of benzene rings is 1. The molecule has 1 saturated heterocycles. The van der Waals surface area contributed by atoms with Crippen LogP contribution in [0.15, 0.2) is 18.2 Å². The molecule has 1 aliphatic rings. The van der Waals surface area contributed by atoms with Gasteiger partial charge in [0.15, 0.2) is 5.82 Å². The summed E-state index contributed by atoms with van der Waals surface area (Å²) in [6.07, 6.45) is -3.80. The minimum atomic E-state index is -4.52. The number of amides is 2. The normalized spacial score (nSPS) is 17.4. The van der Waals surface area contributed by atoms with Crippen LogP contribution < -0.4 is 10.1 Å². The van der Waals surface area contributed by atoms with E-state index in [2.05, 4.69) is 20.5 Å². The number of urea groups is 1. The third kappa shape index (κ3) is 3.73. The highest BCUT2D eigenvalue weighted by atomic mass is 19.4. The first kappa shape index (κ1) is 18.0. The van der Waals surface area contributed by atoms with Crippen LogP contribution in [0, 0.1) is 6.92 Å². The van der Waals surface area contributed by atoms with Gasteiger partial charge in [-0.15, -0.1) is 0 Å². The third-order valence-corrected chi connectivity index (χ3v) is 4.21. The Balaban J connectivity index is 1.67. The standard InChI is InChI=1S/C16H18F3N5O2/c1-9-20-14(23-22-9)10-5-6-24(8-10)15(25)21-11-3-4-12(16(17,18)19)13(7-11)26-2/h3-4,7,10H,5-6,8H2,1-2H3,(H,21,25)(H,20,22,23). The van der Waals surface area contributed by atoms with Gasteiger partial charge in [0.2, 0.25) is 0 Å². The molecule has 0 aliphatic carbocycles. The number of hydrogen-bond donors (Lipinski definition) is 2. The summed E-state index contributed by atoms with van der Waals surface area (Å²) in [5.41, 5.74) is -0.656. The summed E-state index contributed by atoms with van der Waals surface area (Å²) >= 11 is 0. The van der Waals surface area contributed by atoms with Crippen LogP contribution in [0.2, 0.25) is 0 Å². The first-order valence-electron chi connectivity index (χ1n) is 7.98. The molecule has 1 unspecified atom stereocenters. The van der Waals surface area contributed by atoms with Crippen LogP contribution in [0.5, 0.6) is 5.75 Å². The number of hydrogen-bond acceptors (Lipinski definition) is 4. The van der Waals surface area contributed by atoms with E-state index in [0.717, 1.165) is 25.7 Å². The fraction of sp³-hybridized carbons (Fsp3) is 0.438. The maximum atomic E-state index is 12.9. The van der Waals surface area contributed by atoms with E-state index in [-0.39, 0.29) is 23.4 Å². The van der Waals surface area contributed by atoms with Gasteiger partial charge in [-0.25, -0.2) is 9.78 Å². The maximum absolute atomic E-state index is 12.9. The second-order valence-electron chi connectivity index (χ2n) is 6.05. The number of nitrogens with one attached hydrogen (secondary N) is 2. The highest BCUT2D eigenvalue weighted by Gasteiger charge is 2.34. The largest absolute Gasteiger partial charge is 0.496 e. The number of nitrogens with zero attached hydrogens (tertiary/aromatic N) is 3. The molecule has 2 heterocycles. The quantitative estimate of drug-likeness (QED) is 0.871. The fourth-order valence-electron chi connectivity index (χ4n) is 2.90. The molecule has 0 saturated carbocycles. The van der Waals surface area contributed by atoms with Crippen LogP contribution in [-0.2, 0) is 6.18 Å². The number of likely N-dealkylation sites (tertiary alicyclic amines) is 1. The average molecular weight is 369 g/mol. The van der Waals surface area contributed by atoms with Crippen molar-refractivity contribution in [2.45, 2.75) is 25.4 Å². The molecule has 1 aliphatic heterocycles. The lowest BCUT2D eigenvalue weighted by Gasteiger charge is -2.18. The molecule has 10 heteroatoms. The predicted molar refractivity (Wildman–Crippen MR) is 87.1 cm³/mol. The maximum Gasteiger partial charge on any atom is 0.419 e. The number of aryl methyl sites for hydroxylation is 1. The number of anilines is 1. The van der Waals surface area contributed by atoms with E-state index in [1.165, 1.54) is 6.07 Å². The van der Waals surface area contributed by atoms with E-state index < -0.39 is 11.7 Å². The Morgan fingerprint density at radius 1 is 1.42 bits per heavy atom. The van der Waals surface area contributed by atoms with Gasteiger partial charge in [-0.2, -0.15) is 18.3 Å². The number of carbonyl (C=O) groups is 1. The summed E-state index contributed by atoms with van der Waals surface area (Å²) < 4.78 is 43.5. The lowest BCUT2D eigenvalue weighted by Crippen LogP contribution is -2.32. The molecule has 1 fully saturated rings. The van der Waals surface area contributed by atoms with Crippen molar-refractivity contribution in [1.82, 2.24) is 20.1 Å². The number of carbonyl (C=O) groups excluding carboxylic acids is 1. The minimum absolute atomic E-state index is 0.0350. The Hall–Kier alpha value is -2.78. The SMILES string of the molecule is COc1cc(NC(=O)N2CCC(c3n[nH]c(C)n3)C2)ccc1C(F)(F)F. The Bertz CT molecular complexity index is 805.